The van der Waals surface area contributed by atoms with Gasteiger partial charge in [0.15, 0.2) is 0 Å². The van der Waals surface area contributed by atoms with Gasteiger partial charge >= 0.3 is 0 Å². The number of rotatable bonds is 5. The molecule has 3 aromatic rings. The molecule has 0 spiro atoms. The van der Waals surface area contributed by atoms with E-state index in [1.807, 2.05) is 30.3 Å². The number of hydrogen-bond donors (Lipinski definition) is 1. The predicted molar refractivity (Wildman–Crippen MR) is 130 cm³/mol. The van der Waals surface area contributed by atoms with Crippen LogP contribution in [0.25, 0.3) is 16.7 Å². The number of piperidine rings is 1. The van der Waals surface area contributed by atoms with E-state index in [2.05, 4.69) is 14.8 Å². The van der Waals surface area contributed by atoms with E-state index < -0.39 is 0 Å². The summed E-state index contributed by atoms with van der Waals surface area (Å²) in [5.74, 6) is 1.69. The second-order valence-electron chi connectivity index (χ2n) is 8.53. The zero-order valence-electron chi connectivity index (χ0n) is 18.4. The Kier molecular flexibility index (Phi) is 6.36. The van der Waals surface area contributed by atoms with E-state index in [9.17, 15) is 4.79 Å². The molecule has 3 heterocycles. The first kappa shape index (κ1) is 22.3. The molecule has 0 aliphatic carbocycles. The number of anilines is 1. The van der Waals surface area contributed by atoms with Crippen molar-refractivity contribution in [2.45, 2.75) is 25.3 Å². The average molecular weight is 489 g/mol. The molecule has 174 valence electrons. The predicted octanol–water partition coefficient (Wildman–Crippen LogP) is 4.46. The van der Waals surface area contributed by atoms with Gasteiger partial charge in [-0.2, -0.15) is 0 Å². The normalized spacial score (nSPS) is 19.2. The molecule has 0 radical (unpaired) electrons. The lowest BCUT2D eigenvalue weighted by atomic mass is 9.95. The van der Waals surface area contributed by atoms with Crippen molar-refractivity contribution in [1.82, 2.24) is 14.9 Å². The molecule has 2 aliphatic heterocycles. The molecule has 7 nitrogen and oxygen atoms in total. The molecule has 2 saturated heterocycles. The fourth-order valence-corrected chi connectivity index (χ4v) is 4.90. The summed E-state index contributed by atoms with van der Waals surface area (Å²) in [6.07, 6.45) is 2.42. The van der Waals surface area contributed by atoms with Gasteiger partial charge in [-0.3, -0.25) is 9.36 Å². The van der Waals surface area contributed by atoms with Crippen molar-refractivity contribution < 1.29 is 14.3 Å². The second kappa shape index (κ2) is 9.41. The summed E-state index contributed by atoms with van der Waals surface area (Å²) in [5, 5.41) is 4.09. The Morgan fingerprint density at radius 2 is 1.94 bits per heavy atom. The molecular weight excluding hydrogens is 463 g/mol. The van der Waals surface area contributed by atoms with Crippen molar-refractivity contribution in [3.8, 4) is 11.4 Å². The highest BCUT2D eigenvalue weighted by Gasteiger charge is 2.30. The van der Waals surface area contributed by atoms with Crippen molar-refractivity contribution in [2.24, 2.45) is 5.92 Å². The number of benzene rings is 2. The number of ether oxygens (including phenoxy) is 2. The fourth-order valence-electron chi connectivity index (χ4n) is 4.59. The van der Waals surface area contributed by atoms with E-state index in [-0.39, 0.29) is 17.9 Å². The number of amides is 1. The van der Waals surface area contributed by atoms with Gasteiger partial charge in [-0.15, -0.1) is 0 Å². The van der Waals surface area contributed by atoms with Gasteiger partial charge in [0.1, 0.15) is 5.75 Å². The minimum atomic E-state index is 0.000358. The van der Waals surface area contributed by atoms with Crippen LogP contribution in [0.3, 0.4) is 0 Å². The van der Waals surface area contributed by atoms with Crippen molar-refractivity contribution in [3.63, 3.8) is 0 Å². The zero-order chi connectivity index (χ0) is 22.9. The van der Waals surface area contributed by atoms with Crippen LogP contribution in [0, 0.1) is 5.92 Å². The summed E-state index contributed by atoms with van der Waals surface area (Å²) in [6, 6.07) is 11.6. The number of halogens is 2. The summed E-state index contributed by atoms with van der Waals surface area (Å²) in [7, 11) is 1.65. The number of aromatic nitrogens is 2. The molecule has 0 saturated carbocycles. The topological polar surface area (TPSA) is 68.6 Å². The molecule has 0 bridgehead atoms. The first-order valence-corrected chi connectivity index (χ1v) is 11.9. The lowest BCUT2D eigenvalue weighted by Gasteiger charge is -2.32. The van der Waals surface area contributed by atoms with Crippen molar-refractivity contribution in [3.05, 3.63) is 46.4 Å². The lowest BCUT2D eigenvalue weighted by Crippen LogP contribution is -2.44. The number of nitrogens with one attached hydrogen (secondary N) is 1. The number of nitrogens with zero attached hydrogens (tertiary/aromatic N) is 3. The van der Waals surface area contributed by atoms with Crippen molar-refractivity contribution in [2.75, 3.05) is 38.3 Å². The maximum atomic E-state index is 12.7. The summed E-state index contributed by atoms with van der Waals surface area (Å²) in [6.45, 7) is 2.79. The Bertz CT molecular complexity index is 1170. The molecule has 9 heteroatoms. The van der Waals surface area contributed by atoms with Crippen molar-refractivity contribution in [1.29, 1.82) is 0 Å². The quantitative estimate of drug-likeness (QED) is 0.573. The Morgan fingerprint density at radius 3 is 2.67 bits per heavy atom. The average Bonchev–Trinajstić information content (AvgIpc) is 3.47. The monoisotopic (exact) mass is 488 g/mol. The van der Waals surface area contributed by atoms with Crippen LogP contribution in [0.5, 0.6) is 5.75 Å². The van der Waals surface area contributed by atoms with Gasteiger partial charge in [-0.05, 0) is 43.5 Å². The Morgan fingerprint density at radius 1 is 1.15 bits per heavy atom. The maximum Gasteiger partial charge on any atom is 0.223 e. The van der Waals surface area contributed by atoms with Gasteiger partial charge in [0, 0.05) is 31.7 Å². The molecular formula is C24H26Cl2N4O3. The summed E-state index contributed by atoms with van der Waals surface area (Å²) in [5.41, 5.74) is 2.56. The molecule has 33 heavy (non-hydrogen) atoms. The Labute approximate surface area is 202 Å². The van der Waals surface area contributed by atoms with Crippen LogP contribution in [0.15, 0.2) is 36.4 Å². The van der Waals surface area contributed by atoms with E-state index in [1.165, 1.54) is 0 Å². The number of methoxy groups -OCH3 is 1. The number of hydrogen-bond acceptors (Lipinski definition) is 5. The smallest absolute Gasteiger partial charge is 0.223 e. The summed E-state index contributed by atoms with van der Waals surface area (Å²) in [4.78, 5) is 19.9. The largest absolute Gasteiger partial charge is 0.497 e. The van der Waals surface area contributed by atoms with Crippen LogP contribution >= 0.6 is 23.2 Å². The van der Waals surface area contributed by atoms with Crippen LogP contribution in [-0.4, -0.2) is 54.9 Å². The van der Waals surface area contributed by atoms with Crippen LogP contribution in [0.4, 0.5) is 5.95 Å². The van der Waals surface area contributed by atoms with Gasteiger partial charge in [-0.25, -0.2) is 4.98 Å². The highest BCUT2D eigenvalue weighted by Crippen LogP contribution is 2.35. The Balaban J connectivity index is 1.43. The highest BCUT2D eigenvalue weighted by atomic mass is 35.5. The molecule has 0 unspecified atom stereocenters. The third-order valence-corrected chi connectivity index (χ3v) is 7.14. The molecule has 1 N–H and O–H groups in total. The van der Waals surface area contributed by atoms with E-state index in [1.54, 1.807) is 13.2 Å². The Hall–Kier alpha value is -2.48. The molecule has 1 atom stereocenters. The highest BCUT2D eigenvalue weighted by molar-refractivity contribution is 6.42. The number of carbonyl (C=O) groups excluding carboxylic acids is 1. The van der Waals surface area contributed by atoms with Crippen LogP contribution in [0.2, 0.25) is 10.0 Å². The number of carbonyl (C=O) groups is 1. The van der Waals surface area contributed by atoms with Gasteiger partial charge in [0.05, 0.1) is 46.5 Å². The van der Waals surface area contributed by atoms with Crippen LogP contribution in [-0.2, 0) is 9.53 Å². The van der Waals surface area contributed by atoms with Crippen LogP contribution < -0.4 is 15.0 Å². The summed E-state index contributed by atoms with van der Waals surface area (Å²) < 4.78 is 12.9. The van der Waals surface area contributed by atoms with E-state index in [4.69, 9.17) is 37.7 Å². The van der Waals surface area contributed by atoms with Crippen molar-refractivity contribution >= 4 is 46.1 Å². The fraction of sp³-hybridized carbons (Fsp3) is 0.417. The number of imidazole rings is 1. The molecule has 2 aromatic carbocycles. The van der Waals surface area contributed by atoms with Gasteiger partial charge in [0.25, 0.3) is 0 Å². The van der Waals surface area contributed by atoms with E-state index in [0.29, 0.717) is 16.7 Å². The first-order chi connectivity index (χ1) is 16.0. The first-order valence-electron chi connectivity index (χ1n) is 11.2. The minimum Gasteiger partial charge on any atom is -0.497 e. The molecule has 2 fully saturated rings. The summed E-state index contributed by atoms with van der Waals surface area (Å²) >= 11 is 12.6. The standard InChI is InChI=1S/C24H26Cl2N4O3/c1-32-18-4-2-3-17(11-18)30-22-13-20(26)19(25)12-21(22)28-24(30)29-8-5-15(6-9-29)23(31)27-16-7-10-33-14-16/h2-4,11-13,15-16H,5-10,14H2,1H3,(H,27,31)/t16-/m1/s1. The molecule has 5 rings (SSSR count). The van der Waals surface area contributed by atoms with Gasteiger partial charge in [-0.1, -0.05) is 29.3 Å². The molecule has 1 aromatic heterocycles. The SMILES string of the molecule is COc1cccc(-n2c(N3CCC(C(=O)N[C@@H]4CCOC4)CC3)nc3cc(Cl)c(Cl)cc32)c1. The van der Waals surface area contributed by atoms with Gasteiger partial charge in [0.2, 0.25) is 11.9 Å². The lowest BCUT2D eigenvalue weighted by molar-refractivity contribution is -0.126. The third kappa shape index (κ3) is 4.50. The maximum absolute atomic E-state index is 12.7. The zero-order valence-corrected chi connectivity index (χ0v) is 19.9. The molecule has 2 aliphatic rings. The number of fused-ring (bicyclic) bond motifs is 1. The third-order valence-electron chi connectivity index (χ3n) is 6.42. The molecule has 1 amide bonds. The van der Waals surface area contributed by atoms with Gasteiger partial charge < -0.3 is 19.7 Å². The second-order valence-corrected chi connectivity index (χ2v) is 9.35. The van der Waals surface area contributed by atoms with E-state index in [0.717, 1.165) is 67.4 Å². The minimum absolute atomic E-state index is 0.000358. The van der Waals surface area contributed by atoms with Crippen LogP contribution in [0.1, 0.15) is 19.3 Å². The van der Waals surface area contributed by atoms with E-state index >= 15 is 0 Å².